The first-order chi connectivity index (χ1) is 14.2. The van der Waals surface area contributed by atoms with E-state index < -0.39 is 0 Å². The maximum Gasteiger partial charge on any atom is 0.196 e. The van der Waals surface area contributed by atoms with Crippen LogP contribution in [0.1, 0.15) is 22.5 Å². The standard InChI is InChI=1S/C24H23N3S2/c1-18-12-14-22(15-13-18)28-17-23-25-26-24(27(23)21-10-4-3-5-11-21)29-16-20-9-7-6-8-19(20)2/h3-15H,16-17H2,1-2H3. The molecule has 1 heterocycles. The first-order valence-electron chi connectivity index (χ1n) is 9.57. The van der Waals surface area contributed by atoms with Crippen LogP contribution in [0.5, 0.6) is 0 Å². The third kappa shape index (κ3) is 4.92. The molecular formula is C24H23N3S2. The predicted molar refractivity (Wildman–Crippen MR) is 123 cm³/mol. The number of para-hydroxylation sites is 1. The summed E-state index contributed by atoms with van der Waals surface area (Å²) in [6.45, 7) is 4.26. The second-order valence-electron chi connectivity index (χ2n) is 6.89. The Morgan fingerprint density at radius 2 is 1.45 bits per heavy atom. The molecule has 4 rings (SSSR count). The van der Waals surface area contributed by atoms with Crippen molar-refractivity contribution in [1.82, 2.24) is 14.8 Å². The van der Waals surface area contributed by atoms with E-state index in [0.29, 0.717) is 0 Å². The van der Waals surface area contributed by atoms with Crippen LogP contribution in [-0.4, -0.2) is 14.8 Å². The summed E-state index contributed by atoms with van der Waals surface area (Å²) in [5.41, 5.74) is 5.01. The second kappa shape index (κ2) is 9.33. The van der Waals surface area contributed by atoms with Gasteiger partial charge < -0.3 is 0 Å². The molecule has 0 atom stereocenters. The number of benzene rings is 3. The Kier molecular flexibility index (Phi) is 6.37. The van der Waals surface area contributed by atoms with E-state index in [-0.39, 0.29) is 0 Å². The van der Waals surface area contributed by atoms with E-state index in [1.807, 2.05) is 6.07 Å². The zero-order valence-corrected chi connectivity index (χ0v) is 18.2. The molecule has 29 heavy (non-hydrogen) atoms. The summed E-state index contributed by atoms with van der Waals surface area (Å²) in [4.78, 5) is 1.24. The molecule has 0 aliphatic rings. The van der Waals surface area contributed by atoms with Gasteiger partial charge in [-0.3, -0.25) is 4.57 Å². The van der Waals surface area contributed by atoms with Crippen molar-refractivity contribution in [1.29, 1.82) is 0 Å². The summed E-state index contributed by atoms with van der Waals surface area (Å²) in [5, 5.41) is 9.99. The lowest BCUT2D eigenvalue weighted by molar-refractivity contribution is 0.864. The van der Waals surface area contributed by atoms with Crippen LogP contribution in [0.3, 0.4) is 0 Å². The molecule has 0 amide bonds. The van der Waals surface area contributed by atoms with E-state index in [1.54, 1.807) is 23.5 Å². The van der Waals surface area contributed by atoms with Crippen LogP contribution in [0, 0.1) is 13.8 Å². The molecular weight excluding hydrogens is 394 g/mol. The summed E-state index contributed by atoms with van der Waals surface area (Å²) in [7, 11) is 0. The lowest BCUT2D eigenvalue weighted by Crippen LogP contribution is -2.02. The molecule has 146 valence electrons. The van der Waals surface area contributed by atoms with Crippen molar-refractivity contribution in [3.8, 4) is 5.69 Å². The largest absolute Gasteiger partial charge is 0.273 e. The van der Waals surface area contributed by atoms with Gasteiger partial charge >= 0.3 is 0 Å². The fraction of sp³-hybridized carbons (Fsp3) is 0.167. The average molecular weight is 418 g/mol. The van der Waals surface area contributed by atoms with E-state index in [2.05, 4.69) is 101 Å². The molecule has 5 heteroatoms. The highest BCUT2D eigenvalue weighted by Crippen LogP contribution is 2.29. The zero-order valence-electron chi connectivity index (χ0n) is 16.6. The highest BCUT2D eigenvalue weighted by molar-refractivity contribution is 7.98. The molecule has 0 N–H and O–H groups in total. The molecule has 0 fully saturated rings. The van der Waals surface area contributed by atoms with Crippen molar-refractivity contribution in [2.75, 3.05) is 0 Å². The number of hydrogen-bond acceptors (Lipinski definition) is 4. The number of rotatable bonds is 7. The van der Waals surface area contributed by atoms with Gasteiger partial charge in [0.1, 0.15) is 5.82 Å². The van der Waals surface area contributed by atoms with Gasteiger partial charge in [-0.05, 0) is 49.2 Å². The molecule has 0 aliphatic carbocycles. The van der Waals surface area contributed by atoms with Crippen molar-refractivity contribution >= 4 is 23.5 Å². The fourth-order valence-corrected chi connectivity index (χ4v) is 4.88. The maximum absolute atomic E-state index is 4.53. The van der Waals surface area contributed by atoms with Crippen LogP contribution in [-0.2, 0) is 11.5 Å². The zero-order chi connectivity index (χ0) is 20.1. The first-order valence-corrected chi connectivity index (χ1v) is 11.5. The normalized spacial score (nSPS) is 11.0. The Morgan fingerprint density at radius 3 is 2.21 bits per heavy atom. The number of aromatic nitrogens is 3. The average Bonchev–Trinajstić information content (AvgIpc) is 3.16. The van der Waals surface area contributed by atoms with Gasteiger partial charge in [0.25, 0.3) is 0 Å². The van der Waals surface area contributed by atoms with Gasteiger partial charge in [0, 0.05) is 16.3 Å². The Bertz CT molecular complexity index is 1070. The molecule has 0 saturated carbocycles. The van der Waals surface area contributed by atoms with Gasteiger partial charge in [-0.15, -0.1) is 22.0 Å². The topological polar surface area (TPSA) is 30.7 Å². The van der Waals surface area contributed by atoms with E-state index in [9.17, 15) is 0 Å². The Morgan fingerprint density at radius 1 is 0.724 bits per heavy atom. The maximum atomic E-state index is 4.53. The minimum atomic E-state index is 0.774. The molecule has 0 spiro atoms. The van der Waals surface area contributed by atoms with Crippen LogP contribution in [0.15, 0.2) is 88.9 Å². The molecule has 1 aromatic heterocycles. The van der Waals surface area contributed by atoms with Crippen molar-refractivity contribution in [3.63, 3.8) is 0 Å². The molecule has 0 unspecified atom stereocenters. The summed E-state index contributed by atoms with van der Waals surface area (Å²) in [6, 6.07) is 27.5. The third-order valence-corrected chi connectivity index (χ3v) is 6.71. The highest BCUT2D eigenvalue weighted by Gasteiger charge is 2.15. The number of thioether (sulfide) groups is 2. The van der Waals surface area contributed by atoms with Gasteiger partial charge in [0.15, 0.2) is 5.16 Å². The van der Waals surface area contributed by atoms with Gasteiger partial charge in [-0.2, -0.15) is 0 Å². The van der Waals surface area contributed by atoms with Crippen LogP contribution < -0.4 is 0 Å². The molecule has 3 aromatic carbocycles. The first kappa shape index (κ1) is 19.8. The smallest absolute Gasteiger partial charge is 0.196 e. The van der Waals surface area contributed by atoms with Crippen molar-refractivity contribution in [2.24, 2.45) is 0 Å². The number of hydrogen-bond donors (Lipinski definition) is 0. The van der Waals surface area contributed by atoms with E-state index in [1.165, 1.54) is 21.6 Å². The third-order valence-electron chi connectivity index (χ3n) is 4.72. The second-order valence-corrected chi connectivity index (χ2v) is 8.88. The van der Waals surface area contributed by atoms with Gasteiger partial charge in [-0.1, -0.05) is 71.9 Å². The Balaban J connectivity index is 1.58. The monoisotopic (exact) mass is 417 g/mol. The van der Waals surface area contributed by atoms with Crippen LogP contribution in [0.25, 0.3) is 5.69 Å². The van der Waals surface area contributed by atoms with Gasteiger partial charge in [0.05, 0.1) is 5.75 Å². The lowest BCUT2D eigenvalue weighted by atomic mass is 10.1. The molecule has 4 aromatic rings. The fourth-order valence-electron chi connectivity index (χ4n) is 3.02. The van der Waals surface area contributed by atoms with E-state index in [4.69, 9.17) is 0 Å². The van der Waals surface area contributed by atoms with Gasteiger partial charge in [-0.25, -0.2) is 0 Å². The van der Waals surface area contributed by atoms with Crippen LogP contribution >= 0.6 is 23.5 Å². The summed E-state index contributed by atoms with van der Waals surface area (Å²) < 4.78 is 2.18. The van der Waals surface area contributed by atoms with E-state index in [0.717, 1.165) is 28.2 Å². The van der Waals surface area contributed by atoms with Gasteiger partial charge in [0.2, 0.25) is 0 Å². The number of nitrogens with zero attached hydrogens (tertiary/aromatic N) is 3. The molecule has 0 saturated heterocycles. The molecule has 0 radical (unpaired) electrons. The van der Waals surface area contributed by atoms with Crippen LogP contribution in [0.4, 0.5) is 0 Å². The predicted octanol–water partition coefficient (Wildman–Crippen LogP) is 6.47. The summed E-state index contributed by atoms with van der Waals surface area (Å²) >= 11 is 3.52. The quantitative estimate of drug-likeness (QED) is 0.323. The Hall–Kier alpha value is -2.50. The summed E-state index contributed by atoms with van der Waals surface area (Å²) in [6.07, 6.45) is 0. The minimum Gasteiger partial charge on any atom is -0.273 e. The summed E-state index contributed by atoms with van der Waals surface area (Å²) in [5.74, 6) is 2.62. The van der Waals surface area contributed by atoms with Crippen molar-refractivity contribution in [2.45, 2.75) is 35.4 Å². The molecule has 3 nitrogen and oxygen atoms in total. The minimum absolute atomic E-state index is 0.774. The highest BCUT2D eigenvalue weighted by atomic mass is 32.2. The SMILES string of the molecule is Cc1ccc(SCc2nnc(SCc3ccccc3C)n2-c2ccccc2)cc1. The van der Waals surface area contributed by atoms with Crippen molar-refractivity contribution in [3.05, 3.63) is 101 Å². The number of aryl methyl sites for hydroxylation is 2. The molecule has 0 bridgehead atoms. The van der Waals surface area contributed by atoms with Crippen LogP contribution in [0.2, 0.25) is 0 Å². The van der Waals surface area contributed by atoms with E-state index >= 15 is 0 Å². The Labute approximate surface area is 180 Å². The molecule has 0 aliphatic heterocycles. The van der Waals surface area contributed by atoms with Crippen molar-refractivity contribution < 1.29 is 0 Å². The lowest BCUT2D eigenvalue weighted by Gasteiger charge is -2.11.